The number of carbonyl (C=O) groups excluding carboxylic acids is 1. The van der Waals surface area contributed by atoms with Gasteiger partial charge in [-0.15, -0.1) is 37.2 Å². The minimum absolute atomic E-state index is 0. The molecule has 16 heteroatoms. The highest BCUT2D eigenvalue weighted by Gasteiger charge is 2.28. The average molecular weight is 594 g/mol. The Labute approximate surface area is 212 Å². The van der Waals surface area contributed by atoms with Crippen molar-refractivity contribution in [2.75, 3.05) is 0 Å². The van der Waals surface area contributed by atoms with E-state index in [0.717, 1.165) is 19.1 Å². The van der Waals surface area contributed by atoms with E-state index in [9.17, 15) is 43.7 Å². The second kappa shape index (κ2) is 9.33. The smallest absolute Gasteiger partial charge is 0.294 e. The van der Waals surface area contributed by atoms with Gasteiger partial charge >= 0.3 is 0 Å². The van der Waals surface area contributed by atoms with Crippen LogP contribution >= 0.6 is 37.2 Å². The van der Waals surface area contributed by atoms with Crippen molar-refractivity contribution in [2.24, 2.45) is 0 Å². The normalized spacial score (nSPS) is 12.2. The second-order valence-corrected chi connectivity index (χ2v) is 11.0. The first-order chi connectivity index (χ1) is 14.1. The van der Waals surface area contributed by atoms with Gasteiger partial charge in [0.15, 0.2) is 5.78 Å². The van der Waals surface area contributed by atoms with E-state index in [0.29, 0.717) is 6.07 Å². The molecule has 4 aromatic carbocycles. The molecule has 0 saturated carbocycles. The Kier molecular flexibility index (Phi) is 8.30. The topological polar surface area (TPSA) is 180 Å². The molecule has 0 amide bonds. The summed E-state index contributed by atoms with van der Waals surface area (Å²) in [6.07, 6.45) is 0. The third kappa shape index (κ3) is 4.67. The molecule has 0 aliphatic heterocycles. The number of carbonyl (C=O) groups is 1. The monoisotopic (exact) mass is 592 g/mol. The van der Waals surface area contributed by atoms with Gasteiger partial charge in [0.25, 0.3) is 30.4 Å². The molecule has 0 unspecified atom stereocenters. The van der Waals surface area contributed by atoms with Gasteiger partial charge in [-0.25, -0.2) is 0 Å². The van der Waals surface area contributed by atoms with Gasteiger partial charge in [0.1, 0.15) is 14.7 Å². The molecule has 4 aromatic rings. The minimum Gasteiger partial charge on any atom is -0.294 e. The van der Waals surface area contributed by atoms with Crippen molar-refractivity contribution in [2.45, 2.75) is 21.6 Å². The summed E-state index contributed by atoms with van der Waals surface area (Å²) >= 11 is 0. The Morgan fingerprint density at radius 2 is 0.882 bits per heavy atom. The summed E-state index contributed by atoms with van der Waals surface area (Å²) in [7, 11) is -14.8. The van der Waals surface area contributed by atoms with Crippen LogP contribution in [0, 0.1) is 0 Å². The van der Waals surface area contributed by atoms with Crippen molar-refractivity contribution in [3.63, 3.8) is 0 Å². The number of hydrogen-bond acceptors (Lipinski definition) is 7. The highest BCUT2D eigenvalue weighted by atomic mass is 35.5. The molecule has 0 aliphatic rings. The van der Waals surface area contributed by atoms with Crippen molar-refractivity contribution in [1.82, 2.24) is 0 Å². The molecule has 3 N–H and O–H groups in total. The number of benzene rings is 4. The Hall–Kier alpha value is -1.81. The minimum atomic E-state index is -4.99. The SMILES string of the molecule is CC(=O)c1cc(S(=O)(=O)O)c2ccc3c(S(=O)(=O)O)cc(S(=O)(=O)O)c4ccc1c2c43.Cl.Cl.Cl. The second-order valence-electron chi connectivity index (χ2n) is 6.85. The first-order valence-electron chi connectivity index (χ1n) is 8.34. The molecular weight excluding hydrogens is 579 g/mol. The fraction of sp³-hybridized carbons (Fsp3) is 0.0556. The van der Waals surface area contributed by atoms with Crippen LogP contribution in [0.4, 0.5) is 0 Å². The Morgan fingerprint density at radius 3 is 1.21 bits per heavy atom. The van der Waals surface area contributed by atoms with E-state index in [1.807, 2.05) is 0 Å². The van der Waals surface area contributed by atoms with Crippen LogP contribution in [0.5, 0.6) is 0 Å². The third-order valence-electron chi connectivity index (χ3n) is 5.00. The highest BCUT2D eigenvalue weighted by Crippen LogP contribution is 2.43. The van der Waals surface area contributed by atoms with E-state index in [1.165, 1.54) is 18.2 Å². The quantitative estimate of drug-likeness (QED) is 0.179. The maximum absolute atomic E-state index is 12.2. The molecule has 0 heterocycles. The molecule has 0 aromatic heterocycles. The van der Waals surface area contributed by atoms with E-state index in [4.69, 9.17) is 0 Å². The first-order valence-corrected chi connectivity index (χ1v) is 12.7. The molecule has 34 heavy (non-hydrogen) atoms. The summed E-state index contributed by atoms with van der Waals surface area (Å²) in [5.74, 6) is -0.576. The van der Waals surface area contributed by atoms with Crippen LogP contribution in [-0.2, 0) is 30.4 Å². The fourth-order valence-corrected chi connectivity index (χ4v) is 6.05. The molecule has 186 valence electrons. The Bertz CT molecular complexity index is 1730. The van der Waals surface area contributed by atoms with Crippen molar-refractivity contribution in [1.29, 1.82) is 0 Å². The van der Waals surface area contributed by atoms with Crippen molar-refractivity contribution in [3.05, 3.63) is 42.0 Å². The van der Waals surface area contributed by atoms with Crippen molar-refractivity contribution < 1.29 is 43.7 Å². The van der Waals surface area contributed by atoms with E-state index in [-0.39, 0.29) is 75.1 Å². The molecule has 10 nitrogen and oxygen atoms in total. The van der Waals surface area contributed by atoms with Crippen LogP contribution in [0.25, 0.3) is 32.3 Å². The fourth-order valence-electron chi connectivity index (χ4n) is 3.83. The van der Waals surface area contributed by atoms with Gasteiger partial charge < -0.3 is 0 Å². The lowest BCUT2D eigenvalue weighted by Crippen LogP contribution is -2.08. The van der Waals surface area contributed by atoms with Gasteiger partial charge in [0, 0.05) is 27.1 Å². The molecule has 0 aliphatic carbocycles. The Morgan fingerprint density at radius 1 is 0.588 bits per heavy atom. The van der Waals surface area contributed by atoms with E-state index in [1.54, 1.807) is 0 Å². The zero-order chi connectivity index (χ0) is 23.1. The van der Waals surface area contributed by atoms with Crippen LogP contribution in [0.15, 0.2) is 51.1 Å². The molecule has 0 fully saturated rings. The summed E-state index contributed by atoms with van der Waals surface area (Å²) in [6, 6.07) is 6.38. The molecular formula is C18H15Cl3O10S3. The number of Topliss-reactive ketones (excluding diaryl/α,β-unsaturated/α-hetero) is 1. The molecule has 4 rings (SSSR count). The summed E-state index contributed by atoms with van der Waals surface area (Å²) in [5, 5.41) is -0.484. The van der Waals surface area contributed by atoms with Gasteiger partial charge in [-0.3, -0.25) is 18.5 Å². The van der Waals surface area contributed by atoms with Gasteiger partial charge in [-0.2, -0.15) is 25.3 Å². The summed E-state index contributed by atoms with van der Waals surface area (Å²) in [5.41, 5.74) is -0.125. The number of rotatable bonds is 4. The molecule has 0 spiro atoms. The lowest BCUT2D eigenvalue weighted by molar-refractivity contribution is 0.101. The van der Waals surface area contributed by atoms with Crippen LogP contribution in [0.2, 0.25) is 0 Å². The van der Waals surface area contributed by atoms with Crippen LogP contribution in [0.1, 0.15) is 17.3 Å². The maximum Gasteiger partial charge on any atom is 0.295 e. The van der Waals surface area contributed by atoms with Gasteiger partial charge in [0.05, 0.1) is 0 Å². The lowest BCUT2D eigenvalue weighted by atomic mass is 9.91. The van der Waals surface area contributed by atoms with Crippen molar-refractivity contribution in [3.8, 4) is 0 Å². The first kappa shape index (κ1) is 30.2. The molecule has 0 saturated heterocycles. The van der Waals surface area contributed by atoms with E-state index in [2.05, 4.69) is 0 Å². The lowest BCUT2D eigenvalue weighted by Gasteiger charge is -2.18. The largest absolute Gasteiger partial charge is 0.295 e. The summed E-state index contributed by atoms with van der Waals surface area (Å²) in [6.45, 7) is 1.15. The van der Waals surface area contributed by atoms with E-state index >= 15 is 0 Å². The maximum atomic E-state index is 12.2. The number of hydrogen-bond donors (Lipinski definition) is 3. The van der Waals surface area contributed by atoms with Gasteiger partial charge in [-0.05, 0) is 29.8 Å². The third-order valence-corrected chi connectivity index (χ3v) is 7.68. The van der Waals surface area contributed by atoms with Crippen LogP contribution in [0.3, 0.4) is 0 Å². The molecule has 0 atom stereocenters. The number of ketones is 1. The molecule has 0 radical (unpaired) electrons. The summed E-state index contributed by atoms with van der Waals surface area (Å²) < 4.78 is 101. The predicted molar refractivity (Wildman–Crippen MR) is 131 cm³/mol. The van der Waals surface area contributed by atoms with E-state index < -0.39 is 50.8 Å². The molecule has 0 bridgehead atoms. The van der Waals surface area contributed by atoms with Crippen LogP contribution in [-0.4, -0.2) is 44.7 Å². The zero-order valence-electron chi connectivity index (χ0n) is 16.6. The Balaban J connectivity index is 0.00000193. The van der Waals surface area contributed by atoms with Gasteiger partial charge in [0.2, 0.25) is 0 Å². The predicted octanol–water partition coefficient (Wildman–Crippen LogP) is 3.79. The highest BCUT2D eigenvalue weighted by molar-refractivity contribution is 7.87. The van der Waals surface area contributed by atoms with Crippen LogP contribution < -0.4 is 0 Å². The van der Waals surface area contributed by atoms with Gasteiger partial charge in [-0.1, -0.05) is 24.3 Å². The van der Waals surface area contributed by atoms with Crippen molar-refractivity contribution >= 4 is 106 Å². The standard InChI is InChI=1S/C18H12O10S3.3ClH/c1-8(19)13-6-14(29(20,21)22)10-4-5-12-16(31(26,27)28)7-15(30(23,24)25)11-3-2-9(13)17(10)18(11)12;;;/h2-7H,1H3,(H,20,21,22)(H,23,24,25)(H,26,27,28);3*1H. The summed E-state index contributed by atoms with van der Waals surface area (Å²) in [4.78, 5) is 9.84. The number of halogens is 3. The zero-order valence-corrected chi connectivity index (χ0v) is 21.5. The average Bonchev–Trinajstić information content (AvgIpc) is 2.62.